The zero-order valence-electron chi connectivity index (χ0n) is 19.8. The van der Waals surface area contributed by atoms with E-state index in [-0.39, 0.29) is 11.3 Å². The molecule has 2 aromatic heterocycles. The average Bonchev–Trinajstić information content (AvgIpc) is 3.64. The van der Waals surface area contributed by atoms with Gasteiger partial charge in [-0.3, -0.25) is 14.5 Å². The lowest BCUT2D eigenvalue weighted by atomic mass is 9.99. The van der Waals surface area contributed by atoms with E-state index in [9.17, 15) is 14.7 Å². The van der Waals surface area contributed by atoms with Crippen LogP contribution >= 0.6 is 11.3 Å². The summed E-state index contributed by atoms with van der Waals surface area (Å²) < 4.78 is 5.95. The van der Waals surface area contributed by atoms with Crippen LogP contribution in [0.2, 0.25) is 0 Å². The van der Waals surface area contributed by atoms with Crippen LogP contribution < -0.4 is 9.64 Å². The lowest BCUT2D eigenvalue weighted by Gasteiger charge is -2.24. The Morgan fingerprint density at radius 2 is 1.76 bits per heavy atom. The summed E-state index contributed by atoms with van der Waals surface area (Å²) in [5.41, 5.74) is 3.00. The molecule has 5 aromatic rings. The van der Waals surface area contributed by atoms with Gasteiger partial charge in [-0.2, -0.15) is 0 Å². The highest BCUT2D eigenvalue weighted by Crippen LogP contribution is 2.44. The molecule has 3 aromatic carbocycles. The number of aromatic nitrogens is 1. The van der Waals surface area contributed by atoms with E-state index in [1.165, 1.54) is 16.2 Å². The number of amides is 1. The Morgan fingerprint density at radius 1 is 0.946 bits per heavy atom. The zero-order valence-corrected chi connectivity index (χ0v) is 20.7. The number of rotatable bonds is 5. The molecule has 0 aliphatic carbocycles. The van der Waals surface area contributed by atoms with E-state index in [0.717, 1.165) is 21.3 Å². The van der Waals surface area contributed by atoms with Gasteiger partial charge in [-0.1, -0.05) is 36.4 Å². The number of aryl methyl sites for hydroxylation is 1. The van der Waals surface area contributed by atoms with Crippen LogP contribution in [0.1, 0.15) is 22.0 Å². The molecule has 1 atom stereocenters. The molecule has 2 N–H and O–H groups in total. The lowest BCUT2D eigenvalue weighted by Crippen LogP contribution is -2.29. The van der Waals surface area contributed by atoms with Crippen LogP contribution in [0.3, 0.4) is 0 Å². The van der Waals surface area contributed by atoms with Crippen molar-refractivity contribution in [3.05, 3.63) is 118 Å². The molecule has 0 saturated carbocycles. The predicted octanol–water partition coefficient (Wildman–Crippen LogP) is 6.96. The minimum absolute atomic E-state index is 0.0669. The maximum Gasteiger partial charge on any atom is 0.300 e. The van der Waals surface area contributed by atoms with Crippen molar-refractivity contribution >= 4 is 45.4 Å². The summed E-state index contributed by atoms with van der Waals surface area (Å²) in [6.07, 6.45) is 1.66. The summed E-state index contributed by atoms with van der Waals surface area (Å²) in [5.74, 6) is -0.285. The van der Waals surface area contributed by atoms with E-state index in [1.807, 2.05) is 73.0 Å². The van der Waals surface area contributed by atoms with Gasteiger partial charge < -0.3 is 14.8 Å². The van der Waals surface area contributed by atoms with Crippen molar-refractivity contribution in [3.63, 3.8) is 0 Å². The Hall–Kier alpha value is -4.62. The van der Waals surface area contributed by atoms with Crippen LogP contribution in [0.5, 0.6) is 11.5 Å². The summed E-state index contributed by atoms with van der Waals surface area (Å²) in [7, 11) is 0. The molecular formula is C30H22N2O4S. The topological polar surface area (TPSA) is 82.6 Å². The summed E-state index contributed by atoms with van der Waals surface area (Å²) in [4.78, 5) is 32.1. The standard InChI is InChI=1S/C30H22N2O4S/c1-18-6-4-7-21(16-18)36-20-13-11-19(12-14-20)32-27(25-10-5-15-37-25)26(29(34)30(32)35)28(33)23-17-31-24-9-3-2-8-22(23)24/h2-17,27,31,33H,1H3/b28-26-. The Bertz CT molecular complexity index is 1670. The summed E-state index contributed by atoms with van der Waals surface area (Å²) in [6.45, 7) is 1.99. The molecule has 1 aliphatic heterocycles. The second kappa shape index (κ2) is 9.11. The second-order valence-corrected chi connectivity index (χ2v) is 9.82. The summed E-state index contributed by atoms with van der Waals surface area (Å²) in [5, 5.41) is 14.1. The number of ether oxygens (including phenoxy) is 1. The van der Waals surface area contributed by atoms with Crippen LogP contribution in [0.15, 0.2) is 102 Å². The molecule has 1 unspecified atom stereocenters. The van der Waals surface area contributed by atoms with Gasteiger partial charge in [0.2, 0.25) is 0 Å². The Balaban J connectivity index is 1.42. The van der Waals surface area contributed by atoms with Crippen molar-refractivity contribution in [2.75, 3.05) is 4.90 Å². The van der Waals surface area contributed by atoms with Crippen molar-refractivity contribution in [3.8, 4) is 11.5 Å². The maximum atomic E-state index is 13.4. The first-order valence-corrected chi connectivity index (χ1v) is 12.6. The third-order valence-corrected chi connectivity index (χ3v) is 7.37. The molecule has 1 fully saturated rings. The van der Waals surface area contributed by atoms with Crippen molar-refractivity contribution in [1.82, 2.24) is 4.98 Å². The highest BCUT2D eigenvalue weighted by Gasteiger charge is 2.47. The fraction of sp³-hybridized carbons (Fsp3) is 0.0667. The third kappa shape index (κ3) is 3.99. The Kier molecular flexibility index (Phi) is 5.62. The Labute approximate surface area is 217 Å². The molecule has 7 heteroatoms. The largest absolute Gasteiger partial charge is 0.507 e. The highest BCUT2D eigenvalue weighted by atomic mass is 32.1. The van der Waals surface area contributed by atoms with Gasteiger partial charge in [-0.15, -0.1) is 11.3 Å². The molecule has 3 heterocycles. The number of aromatic amines is 1. The van der Waals surface area contributed by atoms with Gasteiger partial charge >= 0.3 is 0 Å². The summed E-state index contributed by atoms with van der Waals surface area (Å²) in [6, 6.07) is 25.3. The molecule has 0 radical (unpaired) electrons. The minimum Gasteiger partial charge on any atom is -0.507 e. The molecule has 0 bridgehead atoms. The number of aliphatic hydroxyl groups excluding tert-OH is 1. The number of ketones is 1. The van der Waals surface area contributed by atoms with Gasteiger partial charge in [-0.25, -0.2) is 0 Å². The van der Waals surface area contributed by atoms with Gasteiger partial charge in [0, 0.05) is 33.2 Å². The fourth-order valence-corrected chi connectivity index (χ4v) is 5.54. The van der Waals surface area contributed by atoms with E-state index in [1.54, 1.807) is 30.5 Å². The van der Waals surface area contributed by atoms with Gasteiger partial charge in [-0.05, 0) is 66.4 Å². The molecule has 182 valence electrons. The number of thiophene rings is 1. The van der Waals surface area contributed by atoms with Crippen LogP contribution in [0.4, 0.5) is 5.69 Å². The van der Waals surface area contributed by atoms with E-state index >= 15 is 0 Å². The number of carbonyl (C=O) groups excluding carboxylic acids is 2. The number of carbonyl (C=O) groups is 2. The van der Waals surface area contributed by atoms with Gasteiger partial charge in [0.25, 0.3) is 11.7 Å². The van der Waals surface area contributed by atoms with Gasteiger partial charge in [0.05, 0.1) is 5.57 Å². The number of hydrogen-bond acceptors (Lipinski definition) is 5. The molecule has 6 rings (SSSR count). The predicted molar refractivity (Wildman–Crippen MR) is 145 cm³/mol. The van der Waals surface area contributed by atoms with Crippen LogP contribution in [-0.2, 0) is 9.59 Å². The molecule has 37 heavy (non-hydrogen) atoms. The summed E-state index contributed by atoms with van der Waals surface area (Å²) >= 11 is 1.43. The number of Topliss-reactive ketones (excluding diaryl/α,β-unsaturated/α-hetero) is 1. The first-order chi connectivity index (χ1) is 18.0. The number of nitrogens with zero attached hydrogens (tertiary/aromatic N) is 1. The molecule has 6 nitrogen and oxygen atoms in total. The number of hydrogen-bond donors (Lipinski definition) is 2. The zero-order chi connectivity index (χ0) is 25.5. The van der Waals surface area contributed by atoms with Gasteiger partial charge in [0.1, 0.15) is 23.3 Å². The van der Waals surface area contributed by atoms with E-state index < -0.39 is 17.7 Å². The van der Waals surface area contributed by atoms with E-state index in [0.29, 0.717) is 22.7 Å². The normalized spacial score (nSPS) is 17.0. The first kappa shape index (κ1) is 22.8. The molecule has 1 aliphatic rings. The third-order valence-electron chi connectivity index (χ3n) is 6.44. The first-order valence-electron chi connectivity index (χ1n) is 11.8. The molecule has 0 spiro atoms. The highest BCUT2D eigenvalue weighted by molar-refractivity contribution is 7.10. The number of fused-ring (bicyclic) bond motifs is 1. The number of para-hydroxylation sites is 1. The number of nitrogens with one attached hydrogen (secondary N) is 1. The van der Waals surface area contributed by atoms with E-state index in [2.05, 4.69) is 4.98 Å². The van der Waals surface area contributed by atoms with Crippen molar-refractivity contribution in [2.45, 2.75) is 13.0 Å². The fourth-order valence-electron chi connectivity index (χ4n) is 4.72. The molecular weight excluding hydrogens is 484 g/mol. The number of H-pyrrole nitrogens is 1. The quantitative estimate of drug-likeness (QED) is 0.153. The van der Waals surface area contributed by atoms with Crippen molar-refractivity contribution < 1.29 is 19.4 Å². The lowest BCUT2D eigenvalue weighted by molar-refractivity contribution is -0.132. The number of aliphatic hydroxyl groups is 1. The minimum atomic E-state index is -0.753. The van der Waals surface area contributed by atoms with Crippen LogP contribution in [0.25, 0.3) is 16.7 Å². The SMILES string of the molecule is Cc1cccc(Oc2ccc(N3C(=O)C(=O)/C(=C(\O)c4c[nH]c5ccccc45)C3c3cccs3)cc2)c1. The average molecular weight is 507 g/mol. The van der Waals surface area contributed by atoms with Crippen LogP contribution in [-0.4, -0.2) is 21.8 Å². The van der Waals surface area contributed by atoms with E-state index in [4.69, 9.17) is 4.74 Å². The monoisotopic (exact) mass is 506 g/mol. The van der Waals surface area contributed by atoms with Crippen molar-refractivity contribution in [1.29, 1.82) is 0 Å². The Morgan fingerprint density at radius 3 is 2.51 bits per heavy atom. The molecule has 1 saturated heterocycles. The maximum absolute atomic E-state index is 13.4. The van der Waals surface area contributed by atoms with Crippen molar-refractivity contribution in [2.24, 2.45) is 0 Å². The van der Waals surface area contributed by atoms with Crippen LogP contribution in [0, 0.1) is 6.92 Å². The number of benzene rings is 3. The second-order valence-electron chi connectivity index (χ2n) is 8.84. The smallest absolute Gasteiger partial charge is 0.300 e. The van der Waals surface area contributed by atoms with Gasteiger partial charge in [0.15, 0.2) is 0 Å². The molecule has 1 amide bonds. The number of anilines is 1.